The van der Waals surface area contributed by atoms with Gasteiger partial charge in [0.1, 0.15) is 12.6 Å². The number of rotatable bonds is 7. The molecule has 0 saturated carbocycles. The Morgan fingerprint density at radius 3 is 2.83 bits per heavy atom. The van der Waals surface area contributed by atoms with Crippen molar-refractivity contribution < 1.29 is 14.3 Å². The molecule has 2 N–H and O–H groups in total. The summed E-state index contributed by atoms with van der Waals surface area (Å²) in [6.07, 6.45) is 0.731. The molecule has 2 rings (SSSR count). The maximum Gasteiger partial charge on any atom is 0.250 e. The number of anilines is 2. The molecule has 0 fully saturated rings. The highest BCUT2D eigenvalue weighted by molar-refractivity contribution is 6.07. The number of nitrogens with one attached hydrogen (secondary N) is 2. The Morgan fingerprint density at radius 1 is 1.39 bits per heavy atom. The van der Waals surface area contributed by atoms with Gasteiger partial charge in [-0.25, -0.2) is 0 Å². The monoisotopic (exact) mass is 319 g/mol. The first-order chi connectivity index (χ1) is 11.0. The van der Waals surface area contributed by atoms with E-state index in [2.05, 4.69) is 24.5 Å². The molecule has 0 aliphatic carbocycles. The van der Waals surface area contributed by atoms with Crippen LogP contribution in [0.4, 0.5) is 11.4 Å². The first kappa shape index (κ1) is 17.3. The topological polar surface area (TPSA) is 70.7 Å². The van der Waals surface area contributed by atoms with Crippen molar-refractivity contribution in [1.29, 1.82) is 0 Å². The minimum absolute atomic E-state index is 0.0236. The van der Waals surface area contributed by atoms with Crippen LogP contribution in [0.15, 0.2) is 24.3 Å². The van der Waals surface area contributed by atoms with Crippen molar-refractivity contribution in [3.05, 3.63) is 24.3 Å². The van der Waals surface area contributed by atoms with E-state index >= 15 is 0 Å². The van der Waals surface area contributed by atoms with Crippen LogP contribution in [-0.4, -0.2) is 44.7 Å². The summed E-state index contributed by atoms with van der Waals surface area (Å²) in [6, 6.07) is 7.29. The highest BCUT2D eigenvalue weighted by Crippen LogP contribution is 2.32. The number of hydrogen-bond donors (Lipinski definition) is 2. The number of fused-ring (bicyclic) bond motifs is 1. The fraction of sp³-hybridized carbons (Fsp3) is 0.529. The van der Waals surface area contributed by atoms with Crippen LogP contribution in [0.1, 0.15) is 20.3 Å². The lowest BCUT2D eigenvalue weighted by Crippen LogP contribution is -2.51. The second-order valence-electron chi connectivity index (χ2n) is 6.11. The molecule has 2 amide bonds. The third-order valence-electron chi connectivity index (χ3n) is 3.73. The van der Waals surface area contributed by atoms with E-state index in [1.807, 2.05) is 24.3 Å². The Labute approximate surface area is 137 Å². The van der Waals surface area contributed by atoms with Gasteiger partial charge < -0.3 is 15.4 Å². The van der Waals surface area contributed by atoms with Crippen molar-refractivity contribution in [2.24, 2.45) is 5.92 Å². The third kappa shape index (κ3) is 4.45. The SMILES string of the molecule is COCCNC(=O)CN1C(=O)C(CC(C)C)Nc2ccccc21. The van der Waals surface area contributed by atoms with Gasteiger partial charge in [0.25, 0.3) is 0 Å². The standard InChI is InChI=1S/C17H25N3O3/c1-12(2)10-14-17(22)20(11-16(21)18-8-9-23-3)15-7-5-4-6-13(15)19-14/h4-7,12,14,19H,8-11H2,1-3H3,(H,18,21). The smallest absolute Gasteiger partial charge is 0.250 e. The summed E-state index contributed by atoms with van der Waals surface area (Å²) in [7, 11) is 1.58. The van der Waals surface area contributed by atoms with E-state index in [1.165, 1.54) is 0 Å². The van der Waals surface area contributed by atoms with Gasteiger partial charge in [-0.1, -0.05) is 26.0 Å². The van der Waals surface area contributed by atoms with Crippen LogP contribution in [0.25, 0.3) is 0 Å². The molecule has 1 aliphatic rings. The average Bonchev–Trinajstić information content (AvgIpc) is 2.51. The molecular formula is C17H25N3O3. The van der Waals surface area contributed by atoms with Crippen LogP contribution in [0.5, 0.6) is 0 Å². The van der Waals surface area contributed by atoms with E-state index in [4.69, 9.17) is 4.74 Å². The maximum absolute atomic E-state index is 12.7. The molecule has 1 atom stereocenters. The Kier molecular flexibility index (Phi) is 5.98. The first-order valence-electron chi connectivity index (χ1n) is 7.95. The normalized spacial score (nSPS) is 17.0. The zero-order valence-corrected chi connectivity index (χ0v) is 14.0. The molecule has 1 aliphatic heterocycles. The highest BCUT2D eigenvalue weighted by Gasteiger charge is 2.33. The Balaban J connectivity index is 2.14. The lowest BCUT2D eigenvalue weighted by molar-refractivity contribution is -0.124. The summed E-state index contributed by atoms with van der Waals surface area (Å²) < 4.78 is 4.92. The molecule has 1 unspecified atom stereocenters. The first-order valence-corrected chi connectivity index (χ1v) is 7.95. The maximum atomic E-state index is 12.7. The molecule has 0 saturated heterocycles. The van der Waals surface area contributed by atoms with Gasteiger partial charge >= 0.3 is 0 Å². The molecule has 1 aromatic rings. The largest absolute Gasteiger partial charge is 0.383 e. The molecule has 23 heavy (non-hydrogen) atoms. The van der Waals surface area contributed by atoms with E-state index in [0.717, 1.165) is 17.8 Å². The molecule has 6 nitrogen and oxygen atoms in total. The quantitative estimate of drug-likeness (QED) is 0.749. The highest BCUT2D eigenvalue weighted by atomic mass is 16.5. The van der Waals surface area contributed by atoms with Crippen LogP contribution in [-0.2, 0) is 14.3 Å². The van der Waals surface area contributed by atoms with E-state index in [0.29, 0.717) is 19.1 Å². The molecule has 0 spiro atoms. The van der Waals surface area contributed by atoms with Gasteiger partial charge in [0.05, 0.1) is 18.0 Å². The number of carbonyl (C=O) groups is 2. The van der Waals surface area contributed by atoms with Gasteiger partial charge in [-0.05, 0) is 24.5 Å². The Morgan fingerprint density at radius 2 is 2.13 bits per heavy atom. The van der Waals surface area contributed by atoms with E-state index in [1.54, 1.807) is 12.0 Å². The van der Waals surface area contributed by atoms with Gasteiger partial charge in [0, 0.05) is 13.7 Å². The van der Waals surface area contributed by atoms with Crippen LogP contribution >= 0.6 is 0 Å². The molecule has 6 heteroatoms. The third-order valence-corrected chi connectivity index (χ3v) is 3.73. The number of para-hydroxylation sites is 2. The number of carbonyl (C=O) groups excluding carboxylic acids is 2. The van der Waals surface area contributed by atoms with Gasteiger partial charge in [-0.3, -0.25) is 14.5 Å². The average molecular weight is 319 g/mol. The molecule has 0 bridgehead atoms. The lowest BCUT2D eigenvalue weighted by Gasteiger charge is -2.35. The molecule has 1 aromatic carbocycles. The van der Waals surface area contributed by atoms with Crippen molar-refractivity contribution in [2.45, 2.75) is 26.3 Å². The van der Waals surface area contributed by atoms with Crippen molar-refractivity contribution in [2.75, 3.05) is 37.0 Å². The minimum Gasteiger partial charge on any atom is -0.383 e. The van der Waals surface area contributed by atoms with E-state index in [9.17, 15) is 9.59 Å². The van der Waals surface area contributed by atoms with E-state index in [-0.39, 0.29) is 24.4 Å². The van der Waals surface area contributed by atoms with Gasteiger partial charge in [-0.2, -0.15) is 0 Å². The van der Waals surface area contributed by atoms with Gasteiger partial charge in [-0.15, -0.1) is 0 Å². The minimum atomic E-state index is -0.295. The van der Waals surface area contributed by atoms with Crippen molar-refractivity contribution in [3.8, 4) is 0 Å². The summed E-state index contributed by atoms with van der Waals surface area (Å²) in [6.45, 7) is 5.07. The molecule has 126 valence electrons. The number of benzene rings is 1. The predicted octanol–water partition coefficient (Wildman–Crippen LogP) is 1.62. The summed E-state index contributed by atoms with van der Waals surface area (Å²) >= 11 is 0. The zero-order chi connectivity index (χ0) is 16.8. The summed E-state index contributed by atoms with van der Waals surface area (Å²) in [4.78, 5) is 26.4. The summed E-state index contributed by atoms with van der Waals surface area (Å²) in [5, 5.41) is 6.05. The molecule has 0 radical (unpaired) electrons. The lowest BCUT2D eigenvalue weighted by atomic mass is 9.99. The Bertz CT molecular complexity index is 560. The number of nitrogens with zero attached hydrogens (tertiary/aromatic N) is 1. The van der Waals surface area contributed by atoms with Crippen molar-refractivity contribution in [3.63, 3.8) is 0 Å². The van der Waals surface area contributed by atoms with Crippen LogP contribution in [0.3, 0.4) is 0 Å². The molecule has 0 aromatic heterocycles. The molecular weight excluding hydrogens is 294 g/mol. The number of hydrogen-bond acceptors (Lipinski definition) is 4. The van der Waals surface area contributed by atoms with Crippen molar-refractivity contribution in [1.82, 2.24) is 5.32 Å². The number of ether oxygens (including phenoxy) is 1. The van der Waals surface area contributed by atoms with Gasteiger partial charge in [0.2, 0.25) is 11.8 Å². The predicted molar refractivity (Wildman–Crippen MR) is 90.5 cm³/mol. The van der Waals surface area contributed by atoms with Crippen molar-refractivity contribution >= 4 is 23.2 Å². The van der Waals surface area contributed by atoms with Crippen LogP contribution < -0.4 is 15.5 Å². The van der Waals surface area contributed by atoms with Crippen LogP contribution in [0.2, 0.25) is 0 Å². The van der Waals surface area contributed by atoms with Gasteiger partial charge in [0.15, 0.2) is 0 Å². The summed E-state index contributed by atoms with van der Waals surface area (Å²) in [5.41, 5.74) is 1.64. The second kappa shape index (κ2) is 7.97. The Hall–Kier alpha value is -2.08. The van der Waals surface area contributed by atoms with E-state index < -0.39 is 0 Å². The number of amides is 2. The zero-order valence-electron chi connectivity index (χ0n) is 14.0. The fourth-order valence-electron chi connectivity index (χ4n) is 2.67. The molecule has 1 heterocycles. The van der Waals surface area contributed by atoms with Crippen LogP contribution in [0, 0.1) is 5.92 Å². The summed E-state index contributed by atoms with van der Waals surface area (Å²) in [5.74, 6) is 0.147. The number of methoxy groups -OCH3 is 1. The second-order valence-corrected chi connectivity index (χ2v) is 6.11. The fourth-order valence-corrected chi connectivity index (χ4v) is 2.67.